The van der Waals surface area contributed by atoms with E-state index >= 15 is 0 Å². The minimum Gasteiger partial charge on any atom is -0.384 e. The summed E-state index contributed by atoms with van der Waals surface area (Å²) in [6.07, 6.45) is -0.530. The van der Waals surface area contributed by atoms with Gasteiger partial charge in [0.25, 0.3) is 0 Å². The Balaban J connectivity index is 2.28. The van der Waals surface area contributed by atoms with Crippen molar-refractivity contribution in [3.63, 3.8) is 0 Å². The predicted octanol–water partition coefficient (Wildman–Crippen LogP) is 3.68. The summed E-state index contributed by atoms with van der Waals surface area (Å²) in [7, 11) is 0. The van der Waals surface area contributed by atoms with Gasteiger partial charge in [0.05, 0.1) is 0 Å². The van der Waals surface area contributed by atoms with Crippen LogP contribution in [0.2, 0.25) is 0 Å². The van der Waals surface area contributed by atoms with E-state index in [2.05, 4.69) is 22.6 Å². The fourth-order valence-electron chi connectivity index (χ4n) is 1.59. The van der Waals surface area contributed by atoms with Crippen molar-refractivity contribution < 1.29 is 5.11 Å². The van der Waals surface area contributed by atoms with Crippen LogP contribution in [0.25, 0.3) is 0 Å². The van der Waals surface area contributed by atoms with Crippen molar-refractivity contribution in [2.75, 3.05) is 0 Å². The van der Waals surface area contributed by atoms with E-state index in [0.29, 0.717) is 0 Å². The van der Waals surface area contributed by atoms with Crippen molar-refractivity contribution in [3.8, 4) is 0 Å². The molecule has 0 amide bonds. The van der Waals surface area contributed by atoms with E-state index in [4.69, 9.17) is 0 Å². The largest absolute Gasteiger partial charge is 0.384 e. The fourth-order valence-corrected chi connectivity index (χ4v) is 1.95. The summed E-state index contributed by atoms with van der Waals surface area (Å²) in [4.78, 5) is 0. The lowest BCUT2D eigenvalue weighted by Gasteiger charge is -2.11. The number of rotatable bonds is 2. The van der Waals surface area contributed by atoms with E-state index in [9.17, 15) is 5.11 Å². The standard InChI is InChI=1S/C14H13IO/c1-10-2-4-11(5-3-10)14(16)12-6-8-13(15)9-7-12/h2-9,14,16H,1H3. The maximum atomic E-state index is 10.2. The summed E-state index contributed by atoms with van der Waals surface area (Å²) in [6, 6.07) is 15.9. The molecule has 0 aromatic heterocycles. The Morgan fingerprint density at radius 3 is 1.81 bits per heavy atom. The number of hydrogen-bond acceptors (Lipinski definition) is 1. The van der Waals surface area contributed by atoms with Gasteiger partial charge >= 0.3 is 0 Å². The first-order chi connectivity index (χ1) is 7.66. The van der Waals surface area contributed by atoms with E-state index in [-0.39, 0.29) is 0 Å². The highest BCUT2D eigenvalue weighted by molar-refractivity contribution is 14.1. The van der Waals surface area contributed by atoms with Crippen LogP contribution in [0.1, 0.15) is 22.8 Å². The first-order valence-corrected chi connectivity index (χ1v) is 6.25. The van der Waals surface area contributed by atoms with Crippen LogP contribution in [-0.4, -0.2) is 5.11 Å². The zero-order chi connectivity index (χ0) is 11.5. The quantitative estimate of drug-likeness (QED) is 0.836. The Morgan fingerprint density at radius 1 is 0.875 bits per heavy atom. The first kappa shape index (κ1) is 11.6. The van der Waals surface area contributed by atoms with Crippen molar-refractivity contribution >= 4 is 22.6 Å². The van der Waals surface area contributed by atoms with Gasteiger partial charge < -0.3 is 5.11 Å². The van der Waals surface area contributed by atoms with Crippen LogP contribution >= 0.6 is 22.6 Å². The van der Waals surface area contributed by atoms with Crippen molar-refractivity contribution in [3.05, 3.63) is 68.8 Å². The molecule has 0 aliphatic carbocycles. The molecule has 0 aliphatic heterocycles. The third kappa shape index (κ3) is 2.62. The molecule has 1 unspecified atom stereocenters. The first-order valence-electron chi connectivity index (χ1n) is 5.17. The third-order valence-corrected chi connectivity index (χ3v) is 3.30. The topological polar surface area (TPSA) is 20.2 Å². The zero-order valence-corrected chi connectivity index (χ0v) is 11.2. The minimum atomic E-state index is -0.530. The van der Waals surface area contributed by atoms with Gasteiger partial charge in [0.1, 0.15) is 6.10 Å². The predicted molar refractivity (Wildman–Crippen MR) is 74.4 cm³/mol. The molecule has 0 fully saturated rings. The van der Waals surface area contributed by atoms with Gasteiger partial charge in [0.2, 0.25) is 0 Å². The Bertz CT molecular complexity index is 414. The molecule has 1 nitrogen and oxygen atoms in total. The normalized spacial score (nSPS) is 12.4. The van der Waals surface area contributed by atoms with Gasteiger partial charge in [0, 0.05) is 3.57 Å². The maximum Gasteiger partial charge on any atom is 0.104 e. The number of halogens is 1. The van der Waals surface area contributed by atoms with Crippen LogP contribution in [0, 0.1) is 10.5 Å². The Labute approximate surface area is 109 Å². The van der Waals surface area contributed by atoms with E-state index in [0.717, 1.165) is 11.1 Å². The molecule has 0 spiro atoms. The van der Waals surface area contributed by atoms with Gasteiger partial charge in [0.15, 0.2) is 0 Å². The second-order valence-corrected chi connectivity index (χ2v) is 5.11. The SMILES string of the molecule is Cc1ccc(C(O)c2ccc(I)cc2)cc1. The highest BCUT2D eigenvalue weighted by Gasteiger charge is 2.09. The molecule has 1 atom stereocenters. The van der Waals surface area contributed by atoms with Crippen LogP contribution < -0.4 is 0 Å². The number of aliphatic hydroxyl groups excluding tert-OH is 1. The molecule has 0 radical (unpaired) electrons. The summed E-state index contributed by atoms with van der Waals surface area (Å²) >= 11 is 2.26. The molecule has 82 valence electrons. The van der Waals surface area contributed by atoms with Crippen molar-refractivity contribution in [1.29, 1.82) is 0 Å². The molecule has 0 aliphatic rings. The van der Waals surface area contributed by atoms with E-state index in [1.165, 1.54) is 9.13 Å². The second kappa shape index (κ2) is 4.97. The Kier molecular flexibility index (Phi) is 3.61. The molecule has 1 N–H and O–H groups in total. The summed E-state index contributed by atoms with van der Waals surface area (Å²) in [5, 5.41) is 10.2. The summed E-state index contributed by atoms with van der Waals surface area (Å²) < 4.78 is 1.18. The van der Waals surface area contributed by atoms with Crippen LogP contribution in [0.5, 0.6) is 0 Å². The van der Waals surface area contributed by atoms with Gasteiger partial charge in [-0.15, -0.1) is 0 Å². The number of aryl methyl sites for hydroxylation is 1. The monoisotopic (exact) mass is 324 g/mol. The number of aliphatic hydroxyl groups is 1. The molecule has 16 heavy (non-hydrogen) atoms. The summed E-state index contributed by atoms with van der Waals surface area (Å²) in [6.45, 7) is 2.04. The van der Waals surface area contributed by atoms with Gasteiger partial charge in [-0.3, -0.25) is 0 Å². The molecule has 0 saturated carbocycles. The third-order valence-electron chi connectivity index (χ3n) is 2.58. The van der Waals surface area contributed by atoms with E-state index < -0.39 is 6.10 Å². The fraction of sp³-hybridized carbons (Fsp3) is 0.143. The minimum absolute atomic E-state index is 0.530. The van der Waals surface area contributed by atoms with Crippen molar-refractivity contribution in [2.45, 2.75) is 13.0 Å². The lowest BCUT2D eigenvalue weighted by atomic mass is 10.0. The number of benzene rings is 2. The molecule has 2 rings (SSSR count). The zero-order valence-electron chi connectivity index (χ0n) is 9.02. The van der Waals surface area contributed by atoms with Crippen LogP contribution in [0.3, 0.4) is 0 Å². The molecular weight excluding hydrogens is 311 g/mol. The van der Waals surface area contributed by atoms with Gasteiger partial charge in [-0.2, -0.15) is 0 Å². The van der Waals surface area contributed by atoms with Crippen LogP contribution in [0.4, 0.5) is 0 Å². The average molecular weight is 324 g/mol. The van der Waals surface area contributed by atoms with Crippen molar-refractivity contribution in [2.24, 2.45) is 0 Å². The van der Waals surface area contributed by atoms with E-state index in [1.54, 1.807) is 0 Å². The van der Waals surface area contributed by atoms with E-state index in [1.807, 2.05) is 55.5 Å². The van der Waals surface area contributed by atoms with Crippen LogP contribution in [-0.2, 0) is 0 Å². The lowest BCUT2D eigenvalue weighted by molar-refractivity contribution is 0.220. The van der Waals surface area contributed by atoms with Gasteiger partial charge in [-0.25, -0.2) is 0 Å². The van der Waals surface area contributed by atoms with Gasteiger partial charge in [-0.1, -0.05) is 42.0 Å². The molecule has 0 bridgehead atoms. The average Bonchev–Trinajstić information content (AvgIpc) is 2.30. The van der Waals surface area contributed by atoms with Crippen molar-refractivity contribution in [1.82, 2.24) is 0 Å². The molecule has 2 aromatic rings. The second-order valence-electron chi connectivity index (χ2n) is 3.86. The Morgan fingerprint density at radius 2 is 1.31 bits per heavy atom. The summed E-state index contributed by atoms with van der Waals surface area (Å²) in [5.41, 5.74) is 3.08. The molecular formula is C14H13IO. The smallest absolute Gasteiger partial charge is 0.104 e. The molecule has 0 saturated heterocycles. The highest BCUT2D eigenvalue weighted by Crippen LogP contribution is 2.22. The highest BCUT2D eigenvalue weighted by atomic mass is 127. The van der Waals surface area contributed by atoms with Crippen LogP contribution in [0.15, 0.2) is 48.5 Å². The molecule has 2 aromatic carbocycles. The summed E-state index contributed by atoms with van der Waals surface area (Å²) in [5.74, 6) is 0. The van der Waals surface area contributed by atoms with Gasteiger partial charge in [-0.05, 0) is 52.8 Å². The Hall–Kier alpha value is -0.870. The lowest BCUT2D eigenvalue weighted by Crippen LogP contribution is -1.99. The molecule has 2 heteroatoms. The number of hydrogen-bond donors (Lipinski definition) is 1. The molecule has 0 heterocycles. The maximum absolute atomic E-state index is 10.2.